The Balaban J connectivity index is 1.71. The molecular formula is C14H28O2. The predicted molar refractivity (Wildman–Crippen MR) is 67.3 cm³/mol. The molecule has 0 spiro atoms. The van der Waals surface area contributed by atoms with Gasteiger partial charge in [0.2, 0.25) is 0 Å². The van der Waals surface area contributed by atoms with Crippen LogP contribution in [0.4, 0.5) is 0 Å². The Morgan fingerprint density at radius 2 is 1.50 bits per heavy atom. The lowest BCUT2D eigenvalue weighted by molar-refractivity contribution is -0.275. The molecule has 0 aromatic heterocycles. The van der Waals surface area contributed by atoms with Crippen molar-refractivity contribution >= 4 is 0 Å². The summed E-state index contributed by atoms with van der Waals surface area (Å²) in [6, 6.07) is 0. The van der Waals surface area contributed by atoms with E-state index >= 15 is 0 Å². The first-order valence-corrected chi connectivity index (χ1v) is 7.21. The summed E-state index contributed by atoms with van der Waals surface area (Å²) < 4.78 is 0. The van der Waals surface area contributed by atoms with E-state index < -0.39 is 0 Å². The van der Waals surface area contributed by atoms with Crippen LogP contribution in [0, 0.1) is 0 Å². The standard InChI is InChI=1S/C14H28O2/c1-2-3-4-5-6-7-8-9-10-11-14-12-13-15-16-14/h14H,2-13H2,1H3. The molecule has 1 atom stereocenters. The minimum atomic E-state index is 0.393. The highest BCUT2D eigenvalue weighted by Crippen LogP contribution is 2.17. The van der Waals surface area contributed by atoms with Crippen molar-refractivity contribution in [1.82, 2.24) is 0 Å². The van der Waals surface area contributed by atoms with Gasteiger partial charge in [0.05, 0.1) is 12.7 Å². The Bertz CT molecular complexity index is 142. The molecule has 96 valence electrons. The van der Waals surface area contributed by atoms with Gasteiger partial charge in [-0.25, -0.2) is 9.78 Å². The first-order chi connectivity index (χ1) is 7.93. The van der Waals surface area contributed by atoms with Gasteiger partial charge in [-0.15, -0.1) is 0 Å². The van der Waals surface area contributed by atoms with E-state index in [4.69, 9.17) is 9.78 Å². The molecule has 0 bridgehead atoms. The summed E-state index contributed by atoms with van der Waals surface area (Å²) in [6.45, 7) is 3.07. The fourth-order valence-corrected chi connectivity index (χ4v) is 2.25. The van der Waals surface area contributed by atoms with Crippen LogP contribution >= 0.6 is 0 Å². The van der Waals surface area contributed by atoms with Gasteiger partial charge in [0.25, 0.3) is 0 Å². The maximum absolute atomic E-state index is 5.12. The highest BCUT2D eigenvalue weighted by atomic mass is 17.2. The molecule has 1 aliphatic heterocycles. The molecule has 1 unspecified atom stereocenters. The van der Waals surface area contributed by atoms with Gasteiger partial charge in [0.15, 0.2) is 0 Å². The fourth-order valence-electron chi connectivity index (χ4n) is 2.25. The molecule has 1 aliphatic rings. The summed E-state index contributed by atoms with van der Waals surface area (Å²) in [4.78, 5) is 10.0. The largest absolute Gasteiger partial charge is 0.236 e. The Morgan fingerprint density at radius 1 is 0.875 bits per heavy atom. The van der Waals surface area contributed by atoms with Crippen LogP contribution in [0.15, 0.2) is 0 Å². The number of hydrogen-bond donors (Lipinski definition) is 0. The van der Waals surface area contributed by atoms with E-state index in [0.717, 1.165) is 13.0 Å². The van der Waals surface area contributed by atoms with E-state index in [1.807, 2.05) is 0 Å². The zero-order valence-electron chi connectivity index (χ0n) is 10.9. The van der Waals surface area contributed by atoms with Gasteiger partial charge in [-0.1, -0.05) is 64.7 Å². The quantitative estimate of drug-likeness (QED) is 0.401. The van der Waals surface area contributed by atoms with Gasteiger partial charge in [0, 0.05) is 6.42 Å². The lowest BCUT2D eigenvalue weighted by Crippen LogP contribution is -2.03. The van der Waals surface area contributed by atoms with Gasteiger partial charge in [-0.3, -0.25) is 0 Å². The third kappa shape index (κ3) is 7.24. The molecule has 2 heteroatoms. The molecule has 1 heterocycles. The molecule has 0 aromatic rings. The maximum atomic E-state index is 5.12. The second kappa shape index (κ2) is 10.1. The zero-order chi connectivity index (χ0) is 11.5. The van der Waals surface area contributed by atoms with Gasteiger partial charge in [0.1, 0.15) is 0 Å². The summed E-state index contributed by atoms with van der Waals surface area (Å²) in [5.74, 6) is 0. The van der Waals surface area contributed by atoms with E-state index in [1.54, 1.807) is 0 Å². The van der Waals surface area contributed by atoms with Crippen LogP contribution in [0.3, 0.4) is 0 Å². The highest BCUT2D eigenvalue weighted by molar-refractivity contribution is 4.59. The molecule has 0 saturated carbocycles. The van der Waals surface area contributed by atoms with Crippen LogP contribution in [0.25, 0.3) is 0 Å². The maximum Gasteiger partial charge on any atom is 0.0953 e. The lowest BCUT2D eigenvalue weighted by atomic mass is 10.0. The van der Waals surface area contributed by atoms with Gasteiger partial charge >= 0.3 is 0 Å². The zero-order valence-corrected chi connectivity index (χ0v) is 10.9. The first-order valence-electron chi connectivity index (χ1n) is 7.21. The van der Waals surface area contributed by atoms with E-state index in [9.17, 15) is 0 Å². The minimum Gasteiger partial charge on any atom is -0.236 e. The van der Waals surface area contributed by atoms with Crippen LogP contribution in [0.1, 0.15) is 77.6 Å². The normalized spacial score (nSPS) is 20.4. The van der Waals surface area contributed by atoms with Crippen LogP contribution in [-0.4, -0.2) is 12.7 Å². The Labute approximate surface area is 101 Å². The van der Waals surface area contributed by atoms with Crippen molar-refractivity contribution in [3.8, 4) is 0 Å². The van der Waals surface area contributed by atoms with Gasteiger partial charge in [-0.2, -0.15) is 0 Å². The summed E-state index contributed by atoms with van der Waals surface area (Å²) in [6.07, 6.45) is 15.3. The second-order valence-electron chi connectivity index (χ2n) is 4.95. The van der Waals surface area contributed by atoms with Gasteiger partial charge < -0.3 is 0 Å². The van der Waals surface area contributed by atoms with E-state index in [2.05, 4.69) is 6.92 Å². The summed E-state index contributed by atoms with van der Waals surface area (Å²) in [7, 11) is 0. The molecule has 1 saturated heterocycles. The topological polar surface area (TPSA) is 18.5 Å². The Kier molecular flexibility index (Phi) is 8.83. The Hall–Kier alpha value is -0.0800. The number of hydrogen-bond acceptors (Lipinski definition) is 2. The van der Waals surface area contributed by atoms with Crippen LogP contribution in [-0.2, 0) is 9.78 Å². The van der Waals surface area contributed by atoms with E-state index in [0.29, 0.717) is 6.10 Å². The third-order valence-electron chi connectivity index (χ3n) is 3.36. The van der Waals surface area contributed by atoms with Crippen molar-refractivity contribution < 1.29 is 9.78 Å². The third-order valence-corrected chi connectivity index (χ3v) is 3.36. The smallest absolute Gasteiger partial charge is 0.0953 e. The van der Waals surface area contributed by atoms with Crippen molar-refractivity contribution in [3.63, 3.8) is 0 Å². The van der Waals surface area contributed by atoms with Crippen LogP contribution < -0.4 is 0 Å². The molecule has 0 aliphatic carbocycles. The summed E-state index contributed by atoms with van der Waals surface area (Å²) >= 11 is 0. The highest BCUT2D eigenvalue weighted by Gasteiger charge is 2.15. The average Bonchev–Trinajstić information content (AvgIpc) is 2.80. The molecule has 1 fully saturated rings. The van der Waals surface area contributed by atoms with Gasteiger partial charge in [-0.05, 0) is 6.42 Å². The van der Waals surface area contributed by atoms with Crippen molar-refractivity contribution in [1.29, 1.82) is 0 Å². The van der Waals surface area contributed by atoms with E-state index in [-0.39, 0.29) is 0 Å². The van der Waals surface area contributed by atoms with Crippen molar-refractivity contribution in [3.05, 3.63) is 0 Å². The summed E-state index contributed by atoms with van der Waals surface area (Å²) in [5, 5.41) is 0. The monoisotopic (exact) mass is 228 g/mol. The SMILES string of the molecule is CCCCCCCCCCCC1CCOO1. The average molecular weight is 228 g/mol. The summed E-state index contributed by atoms with van der Waals surface area (Å²) in [5.41, 5.74) is 0. The molecule has 16 heavy (non-hydrogen) atoms. The molecule has 0 N–H and O–H groups in total. The minimum absolute atomic E-state index is 0.393. The molecule has 0 aromatic carbocycles. The van der Waals surface area contributed by atoms with E-state index in [1.165, 1.54) is 64.2 Å². The number of unbranched alkanes of at least 4 members (excludes halogenated alkanes) is 8. The lowest BCUT2D eigenvalue weighted by Gasteiger charge is -2.06. The molecular weight excluding hydrogens is 200 g/mol. The van der Waals surface area contributed by atoms with Crippen molar-refractivity contribution in [2.24, 2.45) is 0 Å². The molecule has 0 radical (unpaired) electrons. The van der Waals surface area contributed by atoms with Crippen molar-refractivity contribution in [2.75, 3.05) is 6.61 Å². The predicted octanol–water partition coefficient (Wildman–Crippen LogP) is 4.63. The molecule has 2 nitrogen and oxygen atoms in total. The second-order valence-corrected chi connectivity index (χ2v) is 4.95. The molecule has 0 amide bonds. The fraction of sp³-hybridized carbons (Fsp3) is 1.00. The Morgan fingerprint density at radius 3 is 2.06 bits per heavy atom. The molecule has 1 rings (SSSR count). The van der Waals surface area contributed by atoms with Crippen molar-refractivity contribution in [2.45, 2.75) is 83.7 Å². The number of rotatable bonds is 10. The first kappa shape index (κ1) is 14.0. The van der Waals surface area contributed by atoms with Crippen LogP contribution in [0.5, 0.6) is 0 Å². The van der Waals surface area contributed by atoms with Crippen LogP contribution in [0.2, 0.25) is 0 Å².